The Kier molecular flexibility index (Phi) is 5.36. The molecule has 1 atom stereocenters. The number of benzene rings is 1. The van der Waals surface area contributed by atoms with Crippen LogP contribution in [0.3, 0.4) is 0 Å². The topological polar surface area (TPSA) is 46.5 Å². The van der Waals surface area contributed by atoms with Gasteiger partial charge < -0.3 is 9.84 Å². The Bertz CT molecular complexity index is 474. The second-order valence-corrected chi connectivity index (χ2v) is 5.46. The Labute approximate surface area is 120 Å². The lowest BCUT2D eigenvalue weighted by Gasteiger charge is -2.18. The van der Waals surface area contributed by atoms with Crippen LogP contribution in [0, 0.1) is 0 Å². The van der Waals surface area contributed by atoms with Gasteiger partial charge in [-0.05, 0) is 43.9 Å². The summed E-state index contributed by atoms with van der Waals surface area (Å²) >= 11 is 0. The third-order valence-corrected chi connectivity index (χ3v) is 3.70. The Morgan fingerprint density at radius 1 is 1.25 bits per heavy atom. The van der Waals surface area contributed by atoms with Gasteiger partial charge in [-0.15, -0.1) is 0 Å². The number of carboxylic acids is 1. The van der Waals surface area contributed by atoms with E-state index < -0.39 is 5.97 Å². The predicted octanol–water partition coefficient (Wildman–Crippen LogP) is 4.18. The minimum atomic E-state index is -0.893. The molecule has 1 unspecified atom stereocenters. The number of aromatic carboxylic acids is 1. The van der Waals surface area contributed by atoms with Crippen molar-refractivity contribution in [1.29, 1.82) is 0 Å². The third-order valence-electron chi connectivity index (χ3n) is 3.70. The quantitative estimate of drug-likeness (QED) is 0.838. The lowest BCUT2D eigenvalue weighted by atomic mass is 9.99. The lowest BCUT2D eigenvalue weighted by molar-refractivity contribution is 0.0630. The van der Waals surface area contributed by atoms with Crippen LogP contribution in [0.25, 0.3) is 0 Å². The van der Waals surface area contributed by atoms with E-state index in [9.17, 15) is 4.79 Å². The van der Waals surface area contributed by atoms with Crippen molar-refractivity contribution in [3.05, 3.63) is 47.0 Å². The van der Waals surface area contributed by atoms with Crippen LogP contribution < -0.4 is 0 Å². The van der Waals surface area contributed by atoms with Gasteiger partial charge in [-0.3, -0.25) is 0 Å². The molecule has 2 rings (SSSR count). The van der Waals surface area contributed by atoms with Crippen LogP contribution >= 0.6 is 0 Å². The third kappa shape index (κ3) is 4.49. The molecular weight excluding hydrogens is 252 g/mol. The van der Waals surface area contributed by atoms with Gasteiger partial charge in [0, 0.05) is 0 Å². The van der Waals surface area contributed by atoms with E-state index >= 15 is 0 Å². The van der Waals surface area contributed by atoms with E-state index in [1.54, 1.807) is 12.1 Å². The SMILES string of the molecule is C/C1=C/C(OCc2ccc(C(=O)O)cc2)CCCCC1. The smallest absolute Gasteiger partial charge is 0.335 e. The number of carbonyl (C=O) groups is 1. The maximum absolute atomic E-state index is 10.8. The first-order valence-corrected chi connectivity index (χ1v) is 7.26. The second kappa shape index (κ2) is 7.25. The van der Waals surface area contributed by atoms with Crippen molar-refractivity contribution in [3.8, 4) is 0 Å². The van der Waals surface area contributed by atoms with Crippen molar-refractivity contribution < 1.29 is 14.6 Å². The van der Waals surface area contributed by atoms with Gasteiger partial charge in [0.25, 0.3) is 0 Å². The zero-order chi connectivity index (χ0) is 14.4. The first-order chi connectivity index (χ1) is 9.65. The number of carboxylic acid groups (broad SMARTS) is 1. The predicted molar refractivity (Wildman–Crippen MR) is 78.8 cm³/mol. The Hall–Kier alpha value is -1.61. The van der Waals surface area contributed by atoms with Crippen molar-refractivity contribution in [1.82, 2.24) is 0 Å². The summed E-state index contributed by atoms with van der Waals surface area (Å²) in [6.07, 6.45) is 8.45. The molecule has 0 aromatic heterocycles. The van der Waals surface area contributed by atoms with Crippen LogP contribution in [0.1, 0.15) is 54.9 Å². The molecule has 0 heterocycles. The van der Waals surface area contributed by atoms with Gasteiger partial charge in [0.05, 0.1) is 18.3 Å². The van der Waals surface area contributed by atoms with Crippen LogP contribution in [-0.2, 0) is 11.3 Å². The first kappa shape index (κ1) is 14.8. The molecule has 0 saturated carbocycles. The number of allylic oxidation sites excluding steroid dienone is 1. The van der Waals surface area contributed by atoms with E-state index in [0.717, 1.165) is 12.0 Å². The van der Waals surface area contributed by atoms with Gasteiger partial charge in [0.1, 0.15) is 0 Å². The molecule has 108 valence electrons. The largest absolute Gasteiger partial charge is 0.478 e. The van der Waals surface area contributed by atoms with E-state index in [-0.39, 0.29) is 6.10 Å². The lowest BCUT2D eigenvalue weighted by Crippen LogP contribution is -2.12. The maximum Gasteiger partial charge on any atom is 0.335 e. The monoisotopic (exact) mass is 274 g/mol. The molecule has 20 heavy (non-hydrogen) atoms. The normalized spacial score (nSPS) is 22.4. The Morgan fingerprint density at radius 2 is 2.00 bits per heavy atom. The van der Waals surface area contributed by atoms with Crippen LogP contribution in [-0.4, -0.2) is 17.2 Å². The highest BCUT2D eigenvalue weighted by Gasteiger charge is 2.10. The average Bonchev–Trinajstić information content (AvgIpc) is 2.41. The highest BCUT2D eigenvalue weighted by molar-refractivity contribution is 5.87. The summed E-state index contributed by atoms with van der Waals surface area (Å²) in [6, 6.07) is 6.90. The Balaban J connectivity index is 1.91. The highest BCUT2D eigenvalue weighted by Crippen LogP contribution is 2.20. The van der Waals surface area contributed by atoms with Crippen LogP contribution in [0.4, 0.5) is 0 Å². The van der Waals surface area contributed by atoms with E-state index in [0.29, 0.717) is 12.2 Å². The van der Waals surface area contributed by atoms with Gasteiger partial charge in [0.15, 0.2) is 0 Å². The minimum absolute atomic E-state index is 0.189. The van der Waals surface area contributed by atoms with Crippen LogP contribution in [0.15, 0.2) is 35.9 Å². The first-order valence-electron chi connectivity index (χ1n) is 7.26. The standard InChI is InChI=1S/C17H22O3/c1-13-5-3-2-4-6-16(11-13)20-12-14-7-9-15(10-8-14)17(18)19/h7-11,16H,2-6,12H2,1H3,(H,18,19)/b13-11-. The summed E-state index contributed by atoms with van der Waals surface area (Å²) in [5.41, 5.74) is 2.74. The molecule has 3 nitrogen and oxygen atoms in total. The number of rotatable bonds is 4. The average molecular weight is 274 g/mol. The summed E-state index contributed by atoms with van der Waals surface area (Å²) in [6.45, 7) is 2.71. The van der Waals surface area contributed by atoms with E-state index in [1.165, 1.54) is 31.3 Å². The van der Waals surface area contributed by atoms with Crippen molar-refractivity contribution in [2.45, 2.75) is 51.7 Å². The summed E-state index contributed by atoms with van der Waals surface area (Å²) < 4.78 is 5.95. The van der Waals surface area contributed by atoms with E-state index in [1.807, 2.05) is 12.1 Å². The second-order valence-electron chi connectivity index (χ2n) is 5.46. The molecule has 0 spiro atoms. The molecule has 0 saturated heterocycles. The number of hydrogen-bond acceptors (Lipinski definition) is 2. The van der Waals surface area contributed by atoms with Gasteiger partial charge in [-0.2, -0.15) is 0 Å². The van der Waals surface area contributed by atoms with Gasteiger partial charge in [0.2, 0.25) is 0 Å². The van der Waals surface area contributed by atoms with E-state index in [4.69, 9.17) is 9.84 Å². The van der Waals surface area contributed by atoms with E-state index in [2.05, 4.69) is 13.0 Å². The van der Waals surface area contributed by atoms with Gasteiger partial charge >= 0.3 is 5.97 Å². The Morgan fingerprint density at radius 3 is 2.70 bits per heavy atom. The number of hydrogen-bond donors (Lipinski definition) is 1. The molecule has 0 fully saturated rings. The van der Waals surface area contributed by atoms with Crippen LogP contribution in [0.5, 0.6) is 0 Å². The van der Waals surface area contributed by atoms with Crippen molar-refractivity contribution in [2.75, 3.05) is 0 Å². The molecule has 1 aromatic carbocycles. The molecule has 1 aliphatic rings. The van der Waals surface area contributed by atoms with Crippen molar-refractivity contribution in [3.63, 3.8) is 0 Å². The van der Waals surface area contributed by atoms with Gasteiger partial charge in [-0.25, -0.2) is 4.79 Å². The molecule has 0 amide bonds. The maximum atomic E-state index is 10.8. The van der Waals surface area contributed by atoms with Gasteiger partial charge in [-0.1, -0.05) is 36.6 Å². The highest BCUT2D eigenvalue weighted by atomic mass is 16.5. The van der Waals surface area contributed by atoms with Crippen molar-refractivity contribution in [2.24, 2.45) is 0 Å². The van der Waals surface area contributed by atoms with Crippen molar-refractivity contribution >= 4 is 5.97 Å². The molecule has 0 radical (unpaired) electrons. The fourth-order valence-electron chi connectivity index (χ4n) is 2.49. The zero-order valence-corrected chi connectivity index (χ0v) is 12.0. The fourth-order valence-corrected chi connectivity index (χ4v) is 2.49. The molecule has 3 heteroatoms. The molecule has 1 aliphatic carbocycles. The summed E-state index contributed by atoms with van der Waals surface area (Å²) in [7, 11) is 0. The molecule has 1 aromatic rings. The summed E-state index contributed by atoms with van der Waals surface area (Å²) in [5.74, 6) is -0.893. The summed E-state index contributed by atoms with van der Waals surface area (Å²) in [5, 5.41) is 8.86. The molecule has 0 aliphatic heterocycles. The number of ether oxygens (including phenoxy) is 1. The molecule has 1 N–H and O–H groups in total. The zero-order valence-electron chi connectivity index (χ0n) is 12.0. The molecule has 0 bridgehead atoms. The van der Waals surface area contributed by atoms with Crippen LogP contribution in [0.2, 0.25) is 0 Å². The molecular formula is C17H22O3. The minimum Gasteiger partial charge on any atom is -0.478 e. The fraction of sp³-hybridized carbons (Fsp3) is 0.471. The summed E-state index contributed by atoms with van der Waals surface area (Å²) in [4.78, 5) is 10.8.